The summed E-state index contributed by atoms with van der Waals surface area (Å²) in [4.78, 5) is 27.6. The molecule has 2 heterocycles. The Labute approximate surface area is 112 Å². The van der Waals surface area contributed by atoms with E-state index < -0.39 is 11.3 Å². The molecule has 2 aliphatic rings. The molecule has 2 aliphatic heterocycles. The fourth-order valence-corrected chi connectivity index (χ4v) is 2.80. The summed E-state index contributed by atoms with van der Waals surface area (Å²) in [6, 6.07) is 0.278. The first kappa shape index (κ1) is 13.6. The summed E-state index contributed by atoms with van der Waals surface area (Å²) in [7, 11) is 0. The van der Waals surface area contributed by atoms with Gasteiger partial charge in [-0.3, -0.25) is 15.0 Å². The van der Waals surface area contributed by atoms with E-state index in [1.807, 2.05) is 6.92 Å². The van der Waals surface area contributed by atoms with Crippen LogP contribution in [0.15, 0.2) is 0 Å². The third kappa shape index (κ3) is 2.78. The predicted octanol–water partition coefficient (Wildman–Crippen LogP) is 1.02. The van der Waals surface area contributed by atoms with Crippen molar-refractivity contribution in [2.45, 2.75) is 44.1 Å². The van der Waals surface area contributed by atoms with Crippen LogP contribution in [-0.2, 0) is 4.79 Å². The van der Waals surface area contributed by atoms with Crippen LogP contribution in [0, 0.1) is 0 Å². The van der Waals surface area contributed by atoms with Gasteiger partial charge in [-0.15, -0.1) is 11.6 Å². The molecule has 0 aromatic carbocycles. The number of rotatable bonds is 1. The minimum Gasteiger partial charge on any atom is -0.319 e. The van der Waals surface area contributed by atoms with Crippen LogP contribution in [0.2, 0.25) is 0 Å². The summed E-state index contributed by atoms with van der Waals surface area (Å²) in [6.45, 7) is 6.30. The predicted molar refractivity (Wildman–Crippen MR) is 69.6 cm³/mol. The van der Waals surface area contributed by atoms with E-state index in [1.54, 1.807) is 11.8 Å². The molecule has 0 saturated carbocycles. The van der Waals surface area contributed by atoms with Gasteiger partial charge >= 0.3 is 6.03 Å². The molecule has 0 spiro atoms. The highest BCUT2D eigenvalue weighted by atomic mass is 35.5. The van der Waals surface area contributed by atoms with E-state index in [4.69, 9.17) is 11.6 Å². The first-order valence-corrected chi connectivity index (χ1v) is 6.92. The van der Waals surface area contributed by atoms with Crippen LogP contribution in [0.5, 0.6) is 0 Å². The SMILES string of the molecule is CC(Cl)C(=O)NC(=O)N1CC2CCCN2CC1C. The molecule has 2 rings (SSSR count). The molecule has 0 bridgehead atoms. The molecule has 2 fully saturated rings. The number of nitrogens with one attached hydrogen (secondary N) is 1. The average Bonchev–Trinajstić information content (AvgIpc) is 2.74. The van der Waals surface area contributed by atoms with Gasteiger partial charge in [-0.1, -0.05) is 0 Å². The molecule has 3 unspecified atom stereocenters. The number of carbonyl (C=O) groups excluding carboxylic acids is 2. The number of nitrogens with zero attached hydrogens (tertiary/aromatic N) is 2. The van der Waals surface area contributed by atoms with Crippen molar-refractivity contribution in [1.82, 2.24) is 15.1 Å². The van der Waals surface area contributed by atoms with Gasteiger partial charge in [0.2, 0.25) is 5.91 Å². The van der Waals surface area contributed by atoms with Crippen LogP contribution >= 0.6 is 11.6 Å². The molecular formula is C12H20ClN3O2. The van der Waals surface area contributed by atoms with Gasteiger partial charge in [0.25, 0.3) is 0 Å². The number of imide groups is 1. The van der Waals surface area contributed by atoms with Crippen molar-refractivity contribution in [2.24, 2.45) is 0 Å². The van der Waals surface area contributed by atoms with E-state index in [0.29, 0.717) is 12.6 Å². The minimum atomic E-state index is -0.683. The zero-order valence-corrected chi connectivity index (χ0v) is 11.6. The first-order chi connectivity index (χ1) is 8.49. The minimum absolute atomic E-state index is 0.137. The third-order valence-electron chi connectivity index (χ3n) is 3.79. The second-order valence-electron chi connectivity index (χ2n) is 5.20. The fourth-order valence-electron chi connectivity index (χ4n) is 2.75. The molecule has 0 aromatic heterocycles. The second kappa shape index (κ2) is 5.45. The highest BCUT2D eigenvalue weighted by Gasteiger charge is 2.36. The third-order valence-corrected chi connectivity index (χ3v) is 3.99. The summed E-state index contributed by atoms with van der Waals surface area (Å²) in [5.41, 5.74) is 0. The normalized spacial score (nSPS) is 29.8. The van der Waals surface area contributed by atoms with Gasteiger partial charge in [0.05, 0.1) is 0 Å². The van der Waals surface area contributed by atoms with Gasteiger partial charge in [0.1, 0.15) is 5.38 Å². The van der Waals surface area contributed by atoms with Gasteiger partial charge in [-0.2, -0.15) is 0 Å². The maximum absolute atomic E-state index is 12.0. The monoisotopic (exact) mass is 273 g/mol. The van der Waals surface area contributed by atoms with Crippen molar-refractivity contribution in [3.8, 4) is 0 Å². The number of amides is 3. The van der Waals surface area contributed by atoms with E-state index in [-0.39, 0.29) is 12.1 Å². The van der Waals surface area contributed by atoms with Crippen molar-refractivity contribution < 1.29 is 9.59 Å². The molecule has 6 heteroatoms. The molecule has 18 heavy (non-hydrogen) atoms. The lowest BCUT2D eigenvalue weighted by Gasteiger charge is -2.42. The number of carbonyl (C=O) groups is 2. The van der Waals surface area contributed by atoms with Gasteiger partial charge in [0.15, 0.2) is 0 Å². The molecule has 5 nitrogen and oxygen atoms in total. The average molecular weight is 274 g/mol. The maximum Gasteiger partial charge on any atom is 0.324 e. The van der Waals surface area contributed by atoms with Crippen molar-refractivity contribution in [2.75, 3.05) is 19.6 Å². The summed E-state index contributed by atoms with van der Waals surface area (Å²) >= 11 is 5.65. The highest BCUT2D eigenvalue weighted by Crippen LogP contribution is 2.24. The zero-order valence-electron chi connectivity index (χ0n) is 10.9. The second-order valence-corrected chi connectivity index (χ2v) is 5.86. The standard InChI is InChI=1S/C12H20ClN3O2/c1-8-6-15-5-3-4-10(15)7-16(8)12(18)14-11(17)9(2)13/h8-10H,3-7H2,1-2H3,(H,14,17,18). The molecule has 102 valence electrons. The Morgan fingerprint density at radius 3 is 2.78 bits per heavy atom. The van der Waals surface area contributed by atoms with Gasteiger partial charge in [-0.05, 0) is 33.2 Å². The Hall–Kier alpha value is -0.810. The lowest BCUT2D eigenvalue weighted by atomic mass is 10.1. The van der Waals surface area contributed by atoms with Gasteiger partial charge < -0.3 is 4.90 Å². The molecule has 2 saturated heterocycles. The number of piperazine rings is 1. The van der Waals surface area contributed by atoms with Crippen molar-refractivity contribution >= 4 is 23.5 Å². The number of fused-ring (bicyclic) bond motifs is 1. The van der Waals surface area contributed by atoms with E-state index in [9.17, 15) is 9.59 Å². The topological polar surface area (TPSA) is 52.7 Å². The van der Waals surface area contributed by atoms with Crippen LogP contribution in [0.25, 0.3) is 0 Å². The number of hydrogen-bond acceptors (Lipinski definition) is 3. The number of hydrogen-bond donors (Lipinski definition) is 1. The Bertz CT molecular complexity index is 348. The lowest BCUT2D eigenvalue weighted by molar-refractivity contribution is -0.119. The summed E-state index contributed by atoms with van der Waals surface area (Å²) in [6.07, 6.45) is 2.33. The number of urea groups is 1. The molecular weight excluding hydrogens is 254 g/mol. The largest absolute Gasteiger partial charge is 0.324 e. The Kier molecular flexibility index (Phi) is 4.12. The van der Waals surface area contributed by atoms with Crippen molar-refractivity contribution in [1.29, 1.82) is 0 Å². The Balaban J connectivity index is 1.95. The molecule has 0 aliphatic carbocycles. The van der Waals surface area contributed by atoms with E-state index in [2.05, 4.69) is 10.2 Å². The van der Waals surface area contributed by atoms with Gasteiger partial charge in [-0.25, -0.2) is 4.79 Å². The Morgan fingerprint density at radius 2 is 2.11 bits per heavy atom. The highest BCUT2D eigenvalue weighted by molar-refractivity contribution is 6.31. The molecule has 0 aromatic rings. The summed E-state index contributed by atoms with van der Waals surface area (Å²) in [5, 5.41) is 1.67. The number of alkyl halides is 1. The first-order valence-electron chi connectivity index (χ1n) is 6.48. The van der Waals surface area contributed by atoms with Crippen LogP contribution in [0.3, 0.4) is 0 Å². The zero-order chi connectivity index (χ0) is 13.3. The van der Waals surface area contributed by atoms with E-state index in [1.165, 1.54) is 6.42 Å². The smallest absolute Gasteiger partial charge is 0.319 e. The van der Waals surface area contributed by atoms with Gasteiger partial charge in [0, 0.05) is 25.2 Å². The van der Waals surface area contributed by atoms with Crippen molar-refractivity contribution in [3.63, 3.8) is 0 Å². The molecule has 3 atom stereocenters. The molecule has 1 N–H and O–H groups in total. The Morgan fingerprint density at radius 1 is 1.39 bits per heavy atom. The molecule has 0 radical (unpaired) electrons. The quantitative estimate of drug-likeness (QED) is 0.726. The summed E-state index contributed by atoms with van der Waals surface area (Å²) < 4.78 is 0. The molecule has 3 amide bonds. The van der Waals surface area contributed by atoms with Crippen LogP contribution < -0.4 is 5.32 Å². The van der Waals surface area contributed by atoms with Crippen LogP contribution in [0.4, 0.5) is 4.79 Å². The van der Waals surface area contributed by atoms with E-state index in [0.717, 1.165) is 19.5 Å². The fraction of sp³-hybridized carbons (Fsp3) is 0.833. The maximum atomic E-state index is 12.0. The van der Waals surface area contributed by atoms with Crippen LogP contribution in [0.1, 0.15) is 26.7 Å². The number of halogens is 1. The van der Waals surface area contributed by atoms with E-state index >= 15 is 0 Å². The van der Waals surface area contributed by atoms with Crippen molar-refractivity contribution in [3.05, 3.63) is 0 Å². The van der Waals surface area contributed by atoms with Crippen LogP contribution in [-0.4, -0.2) is 58.8 Å². The lowest BCUT2D eigenvalue weighted by Crippen LogP contribution is -2.59. The summed E-state index contributed by atoms with van der Waals surface area (Å²) in [5.74, 6) is -0.428.